The number of nitrogens with one attached hydrogen (secondary N) is 1. The molecule has 1 aliphatic rings. The molecular formula is C20H28N6O5S. The molecule has 32 heavy (non-hydrogen) atoms. The number of anilines is 1. The summed E-state index contributed by atoms with van der Waals surface area (Å²) in [6.07, 6.45) is 4.28. The minimum atomic E-state index is -0.829. The highest BCUT2D eigenvalue weighted by atomic mass is 32.2. The molecular weight excluding hydrogens is 436 g/mol. The lowest BCUT2D eigenvalue weighted by atomic mass is 9.97. The predicted molar refractivity (Wildman–Crippen MR) is 126 cm³/mol. The van der Waals surface area contributed by atoms with Crippen LogP contribution in [0.15, 0.2) is 37.0 Å². The van der Waals surface area contributed by atoms with Gasteiger partial charge in [-0.3, -0.25) is 4.79 Å². The molecule has 0 bridgehead atoms. The molecule has 1 saturated heterocycles. The Morgan fingerprint density at radius 1 is 1.31 bits per heavy atom. The maximum atomic E-state index is 12.6. The first kappa shape index (κ1) is 25.1. The van der Waals surface area contributed by atoms with Crippen molar-refractivity contribution in [3.63, 3.8) is 0 Å². The summed E-state index contributed by atoms with van der Waals surface area (Å²) in [5.74, 6) is -0.619. The smallest absolute Gasteiger partial charge is 0.381 e. The molecule has 2 heterocycles. The van der Waals surface area contributed by atoms with Crippen molar-refractivity contribution in [3.8, 4) is 5.75 Å². The van der Waals surface area contributed by atoms with Crippen LogP contribution in [0.1, 0.15) is 30.3 Å². The molecule has 5 N–H and O–H groups in total. The third-order valence-corrected chi connectivity index (χ3v) is 5.29. The average molecular weight is 465 g/mol. The molecule has 0 atom stereocenters. The zero-order chi connectivity index (χ0) is 23.7. The van der Waals surface area contributed by atoms with E-state index in [1.54, 1.807) is 14.0 Å². The van der Waals surface area contributed by atoms with Gasteiger partial charge in [0.2, 0.25) is 11.5 Å². The summed E-state index contributed by atoms with van der Waals surface area (Å²) in [5.41, 5.74) is 11.7. The Labute approximate surface area is 190 Å². The van der Waals surface area contributed by atoms with Gasteiger partial charge in [-0.25, -0.2) is 9.79 Å². The van der Waals surface area contributed by atoms with Gasteiger partial charge >= 0.3 is 11.5 Å². The Kier molecular flexibility index (Phi) is 9.47. The van der Waals surface area contributed by atoms with E-state index in [1.807, 2.05) is 4.90 Å². The second kappa shape index (κ2) is 12.1. The van der Waals surface area contributed by atoms with Crippen molar-refractivity contribution in [1.29, 1.82) is 5.41 Å². The summed E-state index contributed by atoms with van der Waals surface area (Å²) in [5, 5.41) is 6.89. The highest BCUT2D eigenvalue weighted by Gasteiger charge is 2.25. The third-order valence-electron chi connectivity index (χ3n) is 4.69. The number of hydrogen-bond donors (Lipinski definition) is 3. The number of nitrogens with two attached hydrogens (primary N) is 2. The van der Waals surface area contributed by atoms with Gasteiger partial charge in [-0.1, -0.05) is 0 Å². The molecule has 1 amide bonds. The van der Waals surface area contributed by atoms with Crippen LogP contribution in [0.2, 0.25) is 0 Å². The number of allylic oxidation sites excluding steroid dienone is 2. The molecule has 1 aromatic heterocycles. The number of amidine groups is 2. The second-order valence-electron chi connectivity index (χ2n) is 6.98. The first-order valence-corrected chi connectivity index (χ1v) is 10.6. The van der Waals surface area contributed by atoms with E-state index in [2.05, 4.69) is 9.98 Å². The maximum absolute atomic E-state index is 12.6. The maximum Gasteiger partial charge on any atom is 0.381 e. The monoisotopic (exact) mass is 464 g/mol. The largest absolute Gasteiger partial charge is 0.488 e. The summed E-state index contributed by atoms with van der Waals surface area (Å²) >= 11 is 0.778. The SMILES string of the molecule is COCC1CCN(c2cc(C(=O)N=C(N)SC(N)=N/C(C)=C\C=N)oc(=O)c2OC)CC1. The number of carbonyl (C=O) groups is 1. The topological polar surface area (TPSA) is 170 Å². The molecule has 0 radical (unpaired) electrons. The third kappa shape index (κ3) is 6.95. The van der Waals surface area contributed by atoms with Gasteiger partial charge in [0.1, 0.15) is 0 Å². The van der Waals surface area contributed by atoms with Crippen molar-refractivity contribution in [3.05, 3.63) is 34.0 Å². The standard InChI is InChI=1S/C20H28N6O5S/c1-12(4-7-21)24-19(22)32-20(23)25-17(27)15-10-14(16(30-3)18(28)31-15)26-8-5-13(6-9-26)11-29-2/h4,7,10,13,21H,5-6,8-9,11H2,1-3H3,(H2,22,24)(H2,23,25,27)/b12-4-,21-7?. The van der Waals surface area contributed by atoms with E-state index in [9.17, 15) is 9.59 Å². The van der Waals surface area contributed by atoms with Gasteiger partial charge in [0, 0.05) is 44.8 Å². The molecule has 1 aliphatic heterocycles. The Morgan fingerprint density at radius 2 is 1.97 bits per heavy atom. The quantitative estimate of drug-likeness (QED) is 0.400. The van der Waals surface area contributed by atoms with Crippen molar-refractivity contribution >= 4 is 39.9 Å². The fourth-order valence-corrected chi connectivity index (χ4v) is 3.75. The van der Waals surface area contributed by atoms with Crippen LogP contribution >= 0.6 is 11.8 Å². The average Bonchev–Trinajstić information content (AvgIpc) is 2.73. The lowest BCUT2D eigenvalue weighted by molar-refractivity contribution is 0.0971. The molecule has 0 aliphatic carbocycles. The van der Waals surface area contributed by atoms with E-state index in [0.29, 0.717) is 37.0 Å². The van der Waals surface area contributed by atoms with E-state index in [4.69, 9.17) is 30.8 Å². The summed E-state index contributed by atoms with van der Waals surface area (Å²) < 4.78 is 15.6. The Hall–Kier alpha value is -3.12. The minimum absolute atomic E-state index is 0.0305. The number of ether oxygens (including phenoxy) is 2. The number of amides is 1. The van der Waals surface area contributed by atoms with Crippen LogP contribution in [0.4, 0.5) is 5.69 Å². The number of rotatable bonds is 7. The number of thioether (sulfide) groups is 1. The number of hydrogen-bond acceptors (Lipinski definition) is 9. The van der Waals surface area contributed by atoms with Gasteiger partial charge in [0.25, 0.3) is 0 Å². The summed E-state index contributed by atoms with van der Waals surface area (Å²) in [6.45, 7) is 3.69. The van der Waals surface area contributed by atoms with Crippen molar-refractivity contribution in [2.75, 3.05) is 38.8 Å². The molecule has 1 fully saturated rings. The summed E-state index contributed by atoms with van der Waals surface area (Å²) in [4.78, 5) is 34.7. The van der Waals surface area contributed by atoms with Crippen LogP contribution < -0.4 is 26.7 Å². The van der Waals surface area contributed by atoms with Gasteiger partial charge in [0.15, 0.2) is 10.3 Å². The minimum Gasteiger partial charge on any atom is -0.488 e. The molecule has 0 spiro atoms. The van der Waals surface area contributed by atoms with Gasteiger partial charge in [-0.2, -0.15) is 4.99 Å². The highest BCUT2D eigenvalue weighted by Crippen LogP contribution is 2.30. The highest BCUT2D eigenvalue weighted by molar-refractivity contribution is 8.26. The Balaban J connectivity index is 2.23. The fourth-order valence-electron chi connectivity index (χ4n) is 3.21. The van der Waals surface area contributed by atoms with E-state index in [1.165, 1.54) is 19.3 Å². The van der Waals surface area contributed by atoms with Gasteiger partial charge in [-0.05, 0) is 43.5 Å². The molecule has 0 aromatic carbocycles. The van der Waals surface area contributed by atoms with E-state index in [0.717, 1.165) is 30.8 Å². The molecule has 1 aromatic rings. The summed E-state index contributed by atoms with van der Waals surface area (Å²) in [7, 11) is 3.05. The number of piperidine rings is 1. The molecule has 174 valence electrons. The van der Waals surface area contributed by atoms with Crippen molar-refractivity contribution in [1.82, 2.24) is 0 Å². The van der Waals surface area contributed by atoms with E-state index in [-0.39, 0.29) is 21.8 Å². The van der Waals surface area contributed by atoms with Crippen LogP contribution in [-0.4, -0.2) is 56.4 Å². The van der Waals surface area contributed by atoms with E-state index < -0.39 is 11.5 Å². The molecule has 12 heteroatoms. The molecule has 11 nitrogen and oxygen atoms in total. The first-order valence-electron chi connectivity index (χ1n) is 9.82. The van der Waals surface area contributed by atoms with Gasteiger partial charge < -0.3 is 35.7 Å². The Bertz CT molecular complexity index is 979. The zero-order valence-electron chi connectivity index (χ0n) is 18.3. The normalized spacial score (nSPS) is 16.2. The van der Waals surface area contributed by atoms with Gasteiger partial charge in [-0.15, -0.1) is 0 Å². The first-order chi connectivity index (χ1) is 15.3. The van der Waals surface area contributed by atoms with Crippen LogP contribution in [0, 0.1) is 11.3 Å². The predicted octanol–water partition coefficient (Wildman–Crippen LogP) is 1.57. The number of nitrogens with zero attached hydrogens (tertiary/aromatic N) is 3. The summed E-state index contributed by atoms with van der Waals surface area (Å²) in [6, 6.07) is 1.44. The lowest BCUT2D eigenvalue weighted by Crippen LogP contribution is -2.36. The van der Waals surface area contributed by atoms with Crippen LogP contribution in [-0.2, 0) is 4.74 Å². The lowest BCUT2D eigenvalue weighted by Gasteiger charge is -2.33. The van der Waals surface area contributed by atoms with Crippen LogP contribution in [0.3, 0.4) is 0 Å². The van der Waals surface area contributed by atoms with Crippen LogP contribution in [0.5, 0.6) is 5.75 Å². The Morgan fingerprint density at radius 3 is 2.56 bits per heavy atom. The van der Waals surface area contributed by atoms with E-state index >= 15 is 0 Å². The molecule has 0 unspecified atom stereocenters. The van der Waals surface area contributed by atoms with Crippen molar-refractivity contribution in [2.24, 2.45) is 27.4 Å². The van der Waals surface area contributed by atoms with Gasteiger partial charge in [0.05, 0.1) is 12.8 Å². The molecule has 0 saturated carbocycles. The number of methoxy groups -OCH3 is 2. The number of aliphatic imine (C=N–C) groups is 2. The number of carbonyl (C=O) groups excluding carboxylic acids is 1. The van der Waals surface area contributed by atoms with Crippen molar-refractivity contribution in [2.45, 2.75) is 19.8 Å². The zero-order valence-corrected chi connectivity index (χ0v) is 19.1. The van der Waals surface area contributed by atoms with Crippen LogP contribution in [0.25, 0.3) is 0 Å². The second-order valence-corrected chi connectivity index (χ2v) is 8.03. The fraction of sp³-hybridized carbons (Fsp3) is 0.450. The molecule has 2 rings (SSSR count). The van der Waals surface area contributed by atoms with Crippen molar-refractivity contribution < 1.29 is 18.7 Å².